The standard InChI is InChI=1S/C10H19NO2/c1-2-11-6-5-10(12)9-4-3-7-13-8-9/h9,11H,2-8H2,1H3. The van der Waals surface area contributed by atoms with Crippen LogP contribution in [0.4, 0.5) is 0 Å². The highest BCUT2D eigenvalue weighted by atomic mass is 16.5. The first-order valence-corrected chi connectivity index (χ1v) is 5.15. The number of carbonyl (C=O) groups is 1. The monoisotopic (exact) mass is 185 g/mol. The van der Waals surface area contributed by atoms with Gasteiger partial charge in [0.2, 0.25) is 0 Å². The maximum Gasteiger partial charge on any atom is 0.139 e. The summed E-state index contributed by atoms with van der Waals surface area (Å²) in [4.78, 5) is 11.6. The van der Waals surface area contributed by atoms with Crippen molar-refractivity contribution in [3.63, 3.8) is 0 Å². The second kappa shape index (κ2) is 6.11. The second-order valence-corrected chi connectivity index (χ2v) is 3.48. The third-order valence-corrected chi connectivity index (χ3v) is 2.41. The Bertz CT molecular complexity index is 153. The van der Waals surface area contributed by atoms with Crippen LogP contribution in [0.15, 0.2) is 0 Å². The van der Waals surface area contributed by atoms with E-state index in [0.29, 0.717) is 18.8 Å². The maximum absolute atomic E-state index is 11.6. The molecule has 0 bridgehead atoms. The molecule has 3 heteroatoms. The first-order chi connectivity index (χ1) is 6.34. The third kappa shape index (κ3) is 3.87. The van der Waals surface area contributed by atoms with Crippen LogP contribution in [-0.2, 0) is 9.53 Å². The minimum absolute atomic E-state index is 0.174. The fourth-order valence-corrected chi connectivity index (χ4v) is 1.59. The van der Waals surface area contributed by atoms with Crippen molar-refractivity contribution in [2.75, 3.05) is 26.3 Å². The Morgan fingerprint density at radius 2 is 2.46 bits per heavy atom. The number of nitrogens with one attached hydrogen (secondary N) is 1. The third-order valence-electron chi connectivity index (χ3n) is 2.41. The summed E-state index contributed by atoms with van der Waals surface area (Å²) in [7, 11) is 0. The van der Waals surface area contributed by atoms with Gasteiger partial charge in [-0.3, -0.25) is 4.79 Å². The summed E-state index contributed by atoms with van der Waals surface area (Å²) >= 11 is 0. The summed E-state index contributed by atoms with van der Waals surface area (Å²) in [6.07, 6.45) is 2.71. The molecule has 1 rings (SSSR count). The van der Waals surface area contributed by atoms with Gasteiger partial charge in [0.25, 0.3) is 0 Å². The molecule has 1 aliphatic heterocycles. The predicted molar refractivity (Wildman–Crippen MR) is 51.7 cm³/mol. The summed E-state index contributed by atoms with van der Waals surface area (Å²) < 4.78 is 5.27. The number of ether oxygens (including phenoxy) is 1. The highest BCUT2D eigenvalue weighted by Gasteiger charge is 2.20. The number of carbonyl (C=O) groups excluding carboxylic acids is 1. The number of Topliss-reactive ketones (excluding diaryl/α,β-unsaturated/α-hetero) is 1. The van der Waals surface area contributed by atoms with E-state index in [1.54, 1.807) is 0 Å². The van der Waals surface area contributed by atoms with E-state index in [0.717, 1.165) is 32.5 Å². The van der Waals surface area contributed by atoms with Gasteiger partial charge in [-0.15, -0.1) is 0 Å². The molecule has 0 amide bonds. The van der Waals surface area contributed by atoms with Crippen LogP contribution in [0.3, 0.4) is 0 Å². The zero-order valence-corrected chi connectivity index (χ0v) is 8.34. The first kappa shape index (κ1) is 10.7. The molecule has 3 nitrogen and oxygen atoms in total. The summed E-state index contributed by atoms with van der Waals surface area (Å²) in [6, 6.07) is 0. The van der Waals surface area contributed by atoms with Crippen molar-refractivity contribution in [3.8, 4) is 0 Å². The van der Waals surface area contributed by atoms with Crippen molar-refractivity contribution in [1.29, 1.82) is 0 Å². The van der Waals surface area contributed by atoms with Crippen molar-refractivity contribution in [1.82, 2.24) is 5.32 Å². The van der Waals surface area contributed by atoms with Crippen LogP contribution in [0.1, 0.15) is 26.2 Å². The van der Waals surface area contributed by atoms with Gasteiger partial charge in [0, 0.05) is 25.5 Å². The number of rotatable bonds is 5. The van der Waals surface area contributed by atoms with Crippen LogP contribution >= 0.6 is 0 Å². The maximum atomic E-state index is 11.6. The topological polar surface area (TPSA) is 38.3 Å². The summed E-state index contributed by atoms with van der Waals surface area (Å²) in [5.41, 5.74) is 0. The zero-order valence-electron chi connectivity index (χ0n) is 8.34. The van der Waals surface area contributed by atoms with Crippen molar-refractivity contribution in [2.45, 2.75) is 26.2 Å². The van der Waals surface area contributed by atoms with E-state index in [1.165, 1.54) is 0 Å². The van der Waals surface area contributed by atoms with Crippen LogP contribution in [-0.4, -0.2) is 32.1 Å². The molecule has 1 fully saturated rings. The Balaban J connectivity index is 2.13. The Morgan fingerprint density at radius 1 is 1.62 bits per heavy atom. The fraction of sp³-hybridized carbons (Fsp3) is 0.900. The summed E-state index contributed by atoms with van der Waals surface area (Å²) in [5, 5.41) is 3.16. The molecule has 13 heavy (non-hydrogen) atoms. The Morgan fingerprint density at radius 3 is 3.08 bits per heavy atom. The molecule has 0 aliphatic carbocycles. The molecule has 1 atom stereocenters. The number of ketones is 1. The lowest BCUT2D eigenvalue weighted by molar-refractivity contribution is -0.126. The van der Waals surface area contributed by atoms with Gasteiger partial charge in [0.1, 0.15) is 5.78 Å². The Kier molecular flexibility index (Phi) is 5.01. The molecule has 1 saturated heterocycles. The minimum Gasteiger partial charge on any atom is -0.381 e. The van der Waals surface area contributed by atoms with Crippen molar-refractivity contribution in [2.24, 2.45) is 5.92 Å². The van der Waals surface area contributed by atoms with Gasteiger partial charge in [-0.1, -0.05) is 6.92 Å². The van der Waals surface area contributed by atoms with Crippen molar-refractivity contribution < 1.29 is 9.53 Å². The normalized spacial score (nSPS) is 23.0. The molecule has 0 spiro atoms. The van der Waals surface area contributed by atoms with Gasteiger partial charge < -0.3 is 10.1 Å². The molecular formula is C10H19NO2. The smallest absolute Gasteiger partial charge is 0.139 e. The highest BCUT2D eigenvalue weighted by molar-refractivity contribution is 5.81. The second-order valence-electron chi connectivity index (χ2n) is 3.48. The minimum atomic E-state index is 0.174. The van der Waals surface area contributed by atoms with Gasteiger partial charge in [0.15, 0.2) is 0 Å². The van der Waals surface area contributed by atoms with E-state index in [4.69, 9.17) is 4.74 Å². The number of hydrogen-bond acceptors (Lipinski definition) is 3. The molecule has 0 saturated carbocycles. The predicted octanol–water partition coefficient (Wildman–Crippen LogP) is 0.982. The van der Waals surface area contributed by atoms with Crippen LogP contribution in [0.25, 0.3) is 0 Å². The average Bonchev–Trinajstić information content (AvgIpc) is 2.19. The lowest BCUT2D eigenvalue weighted by Crippen LogP contribution is -2.28. The van der Waals surface area contributed by atoms with Crippen LogP contribution in [0, 0.1) is 5.92 Å². The molecular weight excluding hydrogens is 166 g/mol. The molecule has 0 aromatic heterocycles. The van der Waals surface area contributed by atoms with E-state index in [1.807, 2.05) is 6.92 Å². The lowest BCUT2D eigenvalue weighted by atomic mass is 9.95. The molecule has 1 N–H and O–H groups in total. The van der Waals surface area contributed by atoms with Crippen molar-refractivity contribution >= 4 is 5.78 Å². The van der Waals surface area contributed by atoms with E-state index in [-0.39, 0.29) is 5.92 Å². The van der Waals surface area contributed by atoms with E-state index >= 15 is 0 Å². The number of hydrogen-bond donors (Lipinski definition) is 1. The summed E-state index contributed by atoms with van der Waals surface area (Å²) in [5.74, 6) is 0.535. The van der Waals surface area contributed by atoms with Crippen molar-refractivity contribution in [3.05, 3.63) is 0 Å². The Labute approximate surface area is 79.8 Å². The van der Waals surface area contributed by atoms with Gasteiger partial charge in [0.05, 0.1) is 6.61 Å². The van der Waals surface area contributed by atoms with E-state index in [2.05, 4.69) is 5.32 Å². The Hall–Kier alpha value is -0.410. The quantitative estimate of drug-likeness (QED) is 0.649. The largest absolute Gasteiger partial charge is 0.381 e. The van der Waals surface area contributed by atoms with Crippen LogP contribution < -0.4 is 5.32 Å². The van der Waals surface area contributed by atoms with E-state index < -0.39 is 0 Å². The van der Waals surface area contributed by atoms with E-state index in [9.17, 15) is 4.79 Å². The van der Waals surface area contributed by atoms with Crippen LogP contribution in [0.2, 0.25) is 0 Å². The fourth-order valence-electron chi connectivity index (χ4n) is 1.59. The molecule has 1 unspecified atom stereocenters. The molecule has 0 radical (unpaired) electrons. The van der Waals surface area contributed by atoms with Gasteiger partial charge in [-0.25, -0.2) is 0 Å². The first-order valence-electron chi connectivity index (χ1n) is 5.15. The van der Waals surface area contributed by atoms with Gasteiger partial charge in [-0.05, 0) is 19.4 Å². The van der Waals surface area contributed by atoms with Gasteiger partial charge >= 0.3 is 0 Å². The van der Waals surface area contributed by atoms with Crippen LogP contribution in [0.5, 0.6) is 0 Å². The SMILES string of the molecule is CCNCCC(=O)C1CCCOC1. The molecule has 1 aliphatic rings. The highest BCUT2D eigenvalue weighted by Crippen LogP contribution is 2.15. The summed E-state index contributed by atoms with van der Waals surface area (Å²) in [6.45, 7) is 5.27. The van der Waals surface area contributed by atoms with Gasteiger partial charge in [-0.2, -0.15) is 0 Å². The molecule has 76 valence electrons. The molecule has 0 aromatic carbocycles. The average molecular weight is 185 g/mol. The zero-order chi connectivity index (χ0) is 9.52. The lowest BCUT2D eigenvalue weighted by Gasteiger charge is -2.20. The molecule has 1 heterocycles. The molecule has 0 aromatic rings.